The van der Waals surface area contributed by atoms with Crippen molar-refractivity contribution in [3.05, 3.63) is 35.5 Å². The van der Waals surface area contributed by atoms with Crippen molar-refractivity contribution in [2.75, 3.05) is 6.61 Å². The van der Waals surface area contributed by atoms with Crippen LogP contribution in [0.2, 0.25) is 0 Å². The van der Waals surface area contributed by atoms with Gasteiger partial charge in [-0.25, -0.2) is 4.68 Å². The van der Waals surface area contributed by atoms with Gasteiger partial charge in [0.1, 0.15) is 22.9 Å². The fourth-order valence-corrected chi connectivity index (χ4v) is 2.00. The standard InChI is InChI=1S/C15H20N4O2/c1-4-9-20-11-5-7-12(8-6-11)21-15-13(14(16)17)10(2)18-19(15)3/h5-8H,4,9H2,1-3H3,(H3,16,17). The van der Waals surface area contributed by atoms with Crippen molar-refractivity contribution in [3.63, 3.8) is 0 Å². The summed E-state index contributed by atoms with van der Waals surface area (Å²) >= 11 is 0. The van der Waals surface area contributed by atoms with Gasteiger partial charge in [-0.15, -0.1) is 0 Å². The summed E-state index contributed by atoms with van der Waals surface area (Å²) in [7, 11) is 1.76. The lowest BCUT2D eigenvalue weighted by molar-refractivity contribution is 0.317. The summed E-state index contributed by atoms with van der Waals surface area (Å²) in [6, 6.07) is 7.33. The Morgan fingerprint density at radius 2 is 1.90 bits per heavy atom. The van der Waals surface area contributed by atoms with Gasteiger partial charge in [0.2, 0.25) is 5.88 Å². The van der Waals surface area contributed by atoms with Crippen LogP contribution in [0.25, 0.3) is 0 Å². The molecule has 6 heteroatoms. The molecule has 0 aliphatic rings. The molecule has 0 saturated carbocycles. The van der Waals surface area contributed by atoms with Crippen LogP contribution in [0.1, 0.15) is 24.6 Å². The number of aromatic nitrogens is 2. The molecule has 0 aliphatic heterocycles. The predicted octanol–water partition coefficient (Wildman–Crippen LogP) is 2.59. The Morgan fingerprint density at radius 1 is 1.29 bits per heavy atom. The zero-order valence-electron chi connectivity index (χ0n) is 12.5. The highest BCUT2D eigenvalue weighted by Gasteiger charge is 2.17. The number of nitrogens with two attached hydrogens (primary N) is 1. The van der Waals surface area contributed by atoms with Crippen LogP contribution in [0.4, 0.5) is 0 Å². The molecule has 1 aromatic heterocycles. The monoisotopic (exact) mass is 288 g/mol. The highest BCUT2D eigenvalue weighted by molar-refractivity contribution is 5.98. The summed E-state index contributed by atoms with van der Waals surface area (Å²) in [5.74, 6) is 1.85. The average Bonchev–Trinajstić information content (AvgIpc) is 2.72. The molecule has 1 heterocycles. The first-order chi connectivity index (χ1) is 10.0. The van der Waals surface area contributed by atoms with Crippen LogP contribution in [-0.4, -0.2) is 22.2 Å². The molecule has 2 aromatic rings. The summed E-state index contributed by atoms with van der Waals surface area (Å²) in [6.07, 6.45) is 0.967. The lowest BCUT2D eigenvalue weighted by Gasteiger charge is -2.09. The fraction of sp³-hybridized carbons (Fsp3) is 0.333. The number of hydrogen-bond acceptors (Lipinski definition) is 4. The number of nitrogens with one attached hydrogen (secondary N) is 1. The van der Waals surface area contributed by atoms with E-state index >= 15 is 0 Å². The summed E-state index contributed by atoms with van der Waals surface area (Å²) < 4.78 is 12.9. The minimum absolute atomic E-state index is 0.0569. The van der Waals surface area contributed by atoms with E-state index in [4.69, 9.17) is 20.6 Å². The molecule has 112 valence electrons. The molecular weight excluding hydrogens is 268 g/mol. The second-order valence-corrected chi connectivity index (χ2v) is 4.72. The van der Waals surface area contributed by atoms with E-state index in [0.29, 0.717) is 29.5 Å². The van der Waals surface area contributed by atoms with Crippen molar-refractivity contribution in [2.45, 2.75) is 20.3 Å². The Balaban J connectivity index is 2.20. The van der Waals surface area contributed by atoms with Crippen molar-refractivity contribution in [2.24, 2.45) is 12.8 Å². The zero-order chi connectivity index (χ0) is 15.4. The number of benzene rings is 1. The summed E-state index contributed by atoms with van der Waals surface area (Å²) in [5.41, 5.74) is 6.78. The van der Waals surface area contributed by atoms with E-state index < -0.39 is 0 Å². The number of rotatable bonds is 6. The van der Waals surface area contributed by atoms with E-state index in [1.54, 1.807) is 18.7 Å². The lowest BCUT2D eigenvalue weighted by atomic mass is 10.2. The van der Waals surface area contributed by atoms with Crippen LogP contribution in [0.15, 0.2) is 24.3 Å². The van der Waals surface area contributed by atoms with Gasteiger partial charge in [0, 0.05) is 7.05 Å². The second kappa shape index (κ2) is 6.30. The predicted molar refractivity (Wildman–Crippen MR) is 81.3 cm³/mol. The van der Waals surface area contributed by atoms with Gasteiger partial charge < -0.3 is 15.2 Å². The van der Waals surface area contributed by atoms with E-state index in [1.165, 1.54) is 0 Å². The molecular formula is C15H20N4O2. The third kappa shape index (κ3) is 3.34. The summed E-state index contributed by atoms with van der Waals surface area (Å²) in [6.45, 7) is 4.55. The Morgan fingerprint density at radius 3 is 2.48 bits per heavy atom. The van der Waals surface area contributed by atoms with Gasteiger partial charge in [-0.2, -0.15) is 5.10 Å². The average molecular weight is 288 g/mol. The molecule has 6 nitrogen and oxygen atoms in total. The number of aryl methyl sites for hydroxylation is 2. The van der Waals surface area contributed by atoms with Crippen LogP contribution in [0.3, 0.4) is 0 Å². The number of nitrogen functional groups attached to an aromatic ring is 1. The van der Waals surface area contributed by atoms with Gasteiger partial charge in [0.25, 0.3) is 0 Å². The maximum absolute atomic E-state index is 7.63. The third-order valence-corrected chi connectivity index (χ3v) is 2.95. The number of hydrogen-bond donors (Lipinski definition) is 2. The molecule has 2 rings (SSSR count). The Labute approximate surface area is 124 Å². The highest BCUT2D eigenvalue weighted by atomic mass is 16.5. The van der Waals surface area contributed by atoms with Gasteiger partial charge in [-0.1, -0.05) is 6.92 Å². The second-order valence-electron chi connectivity index (χ2n) is 4.72. The minimum Gasteiger partial charge on any atom is -0.494 e. The normalized spacial score (nSPS) is 10.4. The lowest BCUT2D eigenvalue weighted by Crippen LogP contribution is -2.13. The van der Waals surface area contributed by atoms with E-state index in [-0.39, 0.29) is 5.84 Å². The van der Waals surface area contributed by atoms with E-state index in [2.05, 4.69) is 12.0 Å². The van der Waals surface area contributed by atoms with Gasteiger partial charge >= 0.3 is 0 Å². The molecule has 0 unspecified atom stereocenters. The van der Waals surface area contributed by atoms with Crippen molar-refractivity contribution in [1.82, 2.24) is 9.78 Å². The number of nitrogens with zero attached hydrogens (tertiary/aromatic N) is 2. The smallest absolute Gasteiger partial charge is 0.228 e. The van der Waals surface area contributed by atoms with Crippen LogP contribution < -0.4 is 15.2 Å². The number of amidine groups is 1. The van der Waals surface area contributed by atoms with Gasteiger partial charge in [0.15, 0.2) is 0 Å². The van der Waals surface area contributed by atoms with E-state index in [0.717, 1.165) is 12.2 Å². The molecule has 0 atom stereocenters. The van der Waals surface area contributed by atoms with Gasteiger partial charge in [-0.3, -0.25) is 5.41 Å². The van der Waals surface area contributed by atoms with Crippen LogP contribution in [-0.2, 0) is 7.05 Å². The van der Waals surface area contributed by atoms with Crippen molar-refractivity contribution in [1.29, 1.82) is 5.41 Å². The topological polar surface area (TPSA) is 86.2 Å². The van der Waals surface area contributed by atoms with Crippen LogP contribution in [0.5, 0.6) is 17.4 Å². The van der Waals surface area contributed by atoms with Crippen LogP contribution in [0, 0.1) is 12.3 Å². The quantitative estimate of drug-likeness (QED) is 0.632. The maximum Gasteiger partial charge on any atom is 0.228 e. The Hall–Kier alpha value is -2.50. The van der Waals surface area contributed by atoms with E-state index in [9.17, 15) is 0 Å². The SMILES string of the molecule is CCCOc1ccc(Oc2c(C(=N)N)c(C)nn2C)cc1. The first-order valence-corrected chi connectivity index (χ1v) is 6.81. The Kier molecular flexibility index (Phi) is 4.47. The molecule has 1 aromatic carbocycles. The third-order valence-electron chi connectivity index (χ3n) is 2.95. The number of ether oxygens (including phenoxy) is 2. The molecule has 3 N–H and O–H groups in total. The summed E-state index contributed by atoms with van der Waals surface area (Å²) in [5, 5.41) is 11.9. The van der Waals surface area contributed by atoms with Crippen LogP contribution >= 0.6 is 0 Å². The Bertz CT molecular complexity index is 632. The zero-order valence-corrected chi connectivity index (χ0v) is 12.5. The maximum atomic E-state index is 7.63. The first kappa shape index (κ1) is 14.9. The molecule has 0 fully saturated rings. The molecule has 0 radical (unpaired) electrons. The van der Waals surface area contributed by atoms with Crippen molar-refractivity contribution in [3.8, 4) is 17.4 Å². The first-order valence-electron chi connectivity index (χ1n) is 6.81. The molecule has 21 heavy (non-hydrogen) atoms. The minimum atomic E-state index is -0.0569. The molecule has 0 saturated heterocycles. The van der Waals surface area contributed by atoms with Gasteiger partial charge in [0.05, 0.1) is 12.3 Å². The molecule has 0 bridgehead atoms. The molecule has 0 spiro atoms. The molecule has 0 amide bonds. The highest BCUT2D eigenvalue weighted by Crippen LogP contribution is 2.28. The largest absolute Gasteiger partial charge is 0.494 e. The van der Waals surface area contributed by atoms with E-state index in [1.807, 2.05) is 24.3 Å². The molecule has 0 aliphatic carbocycles. The van der Waals surface area contributed by atoms with Gasteiger partial charge in [-0.05, 0) is 37.6 Å². The van der Waals surface area contributed by atoms with Crippen molar-refractivity contribution < 1.29 is 9.47 Å². The summed E-state index contributed by atoms with van der Waals surface area (Å²) in [4.78, 5) is 0. The van der Waals surface area contributed by atoms with Crippen molar-refractivity contribution >= 4 is 5.84 Å². The fourth-order valence-electron chi connectivity index (χ4n) is 2.00.